The number of urea groups is 1. The molecule has 0 saturated heterocycles. The molecule has 7 nitrogen and oxygen atoms in total. The highest BCUT2D eigenvalue weighted by Crippen LogP contribution is 2.26. The minimum absolute atomic E-state index is 0.0624. The van der Waals surface area contributed by atoms with E-state index in [0.29, 0.717) is 18.8 Å². The Hall–Kier alpha value is -3.48. The van der Waals surface area contributed by atoms with Gasteiger partial charge in [-0.1, -0.05) is 18.2 Å². The fourth-order valence-corrected chi connectivity index (χ4v) is 2.87. The van der Waals surface area contributed by atoms with Gasteiger partial charge in [0.15, 0.2) is 11.5 Å². The number of rotatable bonds is 7. The monoisotopic (exact) mass is 380 g/mol. The molecule has 1 heterocycles. The number of nitrogens with zero attached hydrogens (tertiary/aromatic N) is 3. The van der Waals surface area contributed by atoms with Gasteiger partial charge in [0.25, 0.3) is 0 Å². The zero-order valence-corrected chi connectivity index (χ0v) is 16.0. The van der Waals surface area contributed by atoms with E-state index in [1.165, 1.54) is 7.11 Å². The van der Waals surface area contributed by atoms with Gasteiger partial charge in [0, 0.05) is 32.5 Å². The lowest BCUT2D eigenvalue weighted by molar-refractivity contribution is 0.207. The highest BCUT2D eigenvalue weighted by atomic mass is 16.5. The number of amides is 2. The summed E-state index contributed by atoms with van der Waals surface area (Å²) in [4.78, 5) is 13.8. The van der Waals surface area contributed by atoms with E-state index >= 15 is 0 Å². The van der Waals surface area contributed by atoms with Crippen molar-refractivity contribution < 1.29 is 14.6 Å². The molecule has 0 aliphatic carbocycles. The topological polar surface area (TPSA) is 79.6 Å². The normalized spacial score (nSPS) is 10.5. The summed E-state index contributed by atoms with van der Waals surface area (Å²) in [6.07, 6.45) is 4.38. The van der Waals surface area contributed by atoms with Gasteiger partial charge in [0.05, 0.1) is 12.8 Å². The maximum atomic E-state index is 12.3. The number of benzene rings is 2. The summed E-state index contributed by atoms with van der Waals surface area (Å²) in [6, 6.07) is 14.9. The molecule has 0 aliphatic rings. The summed E-state index contributed by atoms with van der Waals surface area (Å²) in [6.45, 7) is 0.931. The molecule has 3 aromatic rings. The van der Waals surface area contributed by atoms with Crippen LogP contribution in [0.3, 0.4) is 0 Å². The van der Waals surface area contributed by atoms with Crippen LogP contribution in [0, 0.1) is 0 Å². The van der Waals surface area contributed by atoms with E-state index in [4.69, 9.17) is 4.74 Å². The number of nitrogens with one attached hydrogen (secondary N) is 1. The van der Waals surface area contributed by atoms with E-state index in [-0.39, 0.29) is 11.8 Å². The van der Waals surface area contributed by atoms with Crippen LogP contribution in [0.15, 0.2) is 60.9 Å². The zero-order valence-electron chi connectivity index (χ0n) is 16.0. The van der Waals surface area contributed by atoms with Crippen LogP contribution in [-0.2, 0) is 13.0 Å². The third-order valence-electron chi connectivity index (χ3n) is 4.40. The number of hydrogen-bond acceptors (Lipinski definition) is 4. The number of phenols is 1. The Kier molecular flexibility index (Phi) is 6.16. The largest absolute Gasteiger partial charge is 0.504 e. The number of carbonyl (C=O) groups excluding carboxylic acids is 1. The van der Waals surface area contributed by atoms with E-state index in [1.807, 2.05) is 42.6 Å². The molecule has 28 heavy (non-hydrogen) atoms. The van der Waals surface area contributed by atoms with E-state index in [9.17, 15) is 9.90 Å². The molecule has 0 saturated carbocycles. The van der Waals surface area contributed by atoms with Crippen molar-refractivity contribution in [3.05, 3.63) is 72.1 Å². The Morgan fingerprint density at radius 1 is 1.21 bits per heavy atom. The molecule has 0 atom stereocenters. The number of ether oxygens (including phenoxy) is 1. The Bertz CT molecular complexity index is 908. The van der Waals surface area contributed by atoms with E-state index in [0.717, 1.165) is 23.2 Å². The van der Waals surface area contributed by atoms with Crippen molar-refractivity contribution in [3.63, 3.8) is 0 Å². The van der Waals surface area contributed by atoms with Crippen LogP contribution >= 0.6 is 0 Å². The van der Waals surface area contributed by atoms with Gasteiger partial charge in [-0.3, -0.25) is 0 Å². The van der Waals surface area contributed by atoms with Gasteiger partial charge >= 0.3 is 6.03 Å². The zero-order chi connectivity index (χ0) is 19.9. The van der Waals surface area contributed by atoms with Gasteiger partial charge in [-0.15, -0.1) is 0 Å². The molecule has 0 fully saturated rings. The van der Waals surface area contributed by atoms with Crippen molar-refractivity contribution >= 4 is 6.03 Å². The molecule has 0 radical (unpaired) electrons. The first kappa shape index (κ1) is 19.3. The third kappa shape index (κ3) is 4.82. The van der Waals surface area contributed by atoms with Crippen LogP contribution in [0.1, 0.15) is 11.1 Å². The van der Waals surface area contributed by atoms with Gasteiger partial charge in [0.2, 0.25) is 0 Å². The molecule has 146 valence electrons. The molecule has 0 unspecified atom stereocenters. The number of methoxy groups -OCH3 is 1. The minimum Gasteiger partial charge on any atom is -0.504 e. The summed E-state index contributed by atoms with van der Waals surface area (Å²) < 4.78 is 6.83. The molecule has 7 heteroatoms. The van der Waals surface area contributed by atoms with Crippen LogP contribution in [0.5, 0.6) is 11.5 Å². The van der Waals surface area contributed by atoms with Crippen LogP contribution in [-0.4, -0.2) is 46.5 Å². The first-order valence-electron chi connectivity index (χ1n) is 9.00. The fraction of sp³-hybridized carbons (Fsp3) is 0.238. The highest BCUT2D eigenvalue weighted by Gasteiger charge is 2.10. The number of phenolic OH excluding ortho intramolecular Hbond substituents is 1. The quantitative estimate of drug-likeness (QED) is 0.660. The summed E-state index contributed by atoms with van der Waals surface area (Å²) in [5, 5.41) is 17.0. The SMILES string of the molecule is COc1ccc(CN(C)C(=O)NCCc2ccc(-n3cccn3)cc2)cc1O. The molecule has 0 aliphatic heterocycles. The number of hydrogen-bond donors (Lipinski definition) is 2. The third-order valence-corrected chi connectivity index (χ3v) is 4.40. The second kappa shape index (κ2) is 8.94. The molecular weight excluding hydrogens is 356 g/mol. The second-order valence-corrected chi connectivity index (χ2v) is 6.46. The number of aromatic hydroxyl groups is 1. The molecule has 0 bridgehead atoms. The van der Waals surface area contributed by atoms with Gasteiger partial charge in [0.1, 0.15) is 0 Å². The van der Waals surface area contributed by atoms with Crippen LogP contribution in [0.25, 0.3) is 5.69 Å². The predicted molar refractivity (Wildman–Crippen MR) is 107 cm³/mol. The summed E-state index contributed by atoms with van der Waals surface area (Å²) >= 11 is 0. The van der Waals surface area contributed by atoms with Crippen molar-refractivity contribution in [2.75, 3.05) is 20.7 Å². The van der Waals surface area contributed by atoms with E-state index in [2.05, 4.69) is 10.4 Å². The highest BCUT2D eigenvalue weighted by molar-refractivity contribution is 5.73. The van der Waals surface area contributed by atoms with Gasteiger partial charge in [-0.05, 0) is 47.9 Å². The van der Waals surface area contributed by atoms with Crippen LogP contribution in [0.4, 0.5) is 4.79 Å². The van der Waals surface area contributed by atoms with Gasteiger partial charge in [-0.25, -0.2) is 9.48 Å². The Morgan fingerprint density at radius 2 is 1.96 bits per heavy atom. The van der Waals surface area contributed by atoms with Gasteiger partial charge < -0.3 is 20.1 Å². The Morgan fingerprint density at radius 3 is 2.61 bits per heavy atom. The number of carbonyl (C=O) groups is 1. The average molecular weight is 380 g/mol. The first-order valence-corrected chi connectivity index (χ1v) is 9.00. The molecule has 1 aromatic heterocycles. The van der Waals surface area contributed by atoms with Crippen LogP contribution < -0.4 is 10.1 Å². The van der Waals surface area contributed by atoms with Crippen molar-refractivity contribution in [1.82, 2.24) is 20.0 Å². The Balaban J connectivity index is 1.46. The summed E-state index contributed by atoms with van der Waals surface area (Å²) in [5.41, 5.74) is 2.96. The Labute approximate surface area is 164 Å². The lowest BCUT2D eigenvalue weighted by Crippen LogP contribution is -2.37. The molecule has 3 rings (SSSR count). The average Bonchev–Trinajstić information content (AvgIpc) is 3.23. The molecule has 2 aromatic carbocycles. The number of aromatic nitrogens is 2. The van der Waals surface area contributed by atoms with E-state index < -0.39 is 0 Å². The lowest BCUT2D eigenvalue weighted by Gasteiger charge is -2.18. The van der Waals surface area contributed by atoms with Gasteiger partial charge in [-0.2, -0.15) is 5.10 Å². The molecule has 2 amide bonds. The standard InChI is InChI=1S/C21H24N4O3/c1-24(15-17-6-9-20(28-2)19(26)14-17)21(27)22-12-10-16-4-7-18(8-5-16)25-13-3-11-23-25/h3-9,11,13-14,26H,10,12,15H2,1-2H3,(H,22,27). The van der Waals surface area contributed by atoms with Crippen LogP contribution in [0.2, 0.25) is 0 Å². The van der Waals surface area contributed by atoms with Crippen molar-refractivity contribution in [2.24, 2.45) is 0 Å². The van der Waals surface area contributed by atoms with Crippen molar-refractivity contribution in [1.29, 1.82) is 0 Å². The fourth-order valence-electron chi connectivity index (χ4n) is 2.87. The molecular formula is C21H24N4O3. The smallest absolute Gasteiger partial charge is 0.317 e. The molecule has 0 spiro atoms. The van der Waals surface area contributed by atoms with Crippen molar-refractivity contribution in [3.8, 4) is 17.2 Å². The summed E-state index contributed by atoms with van der Waals surface area (Å²) in [7, 11) is 3.22. The second-order valence-electron chi connectivity index (χ2n) is 6.46. The summed E-state index contributed by atoms with van der Waals surface area (Å²) in [5.74, 6) is 0.474. The predicted octanol–water partition coefficient (Wildman–Crippen LogP) is 2.97. The van der Waals surface area contributed by atoms with E-state index in [1.54, 1.807) is 35.0 Å². The lowest BCUT2D eigenvalue weighted by atomic mass is 10.1. The van der Waals surface area contributed by atoms with Crippen molar-refractivity contribution in [2.45, 2.75) is 13.0 Å². The molecule has 2 N–H and O–H groups in total. The maximum absolute atomic E-state index is 12.3. The maximum Gasteiger partial charge on any atom is 0.317 e. The first-order chi connectivity index (χ1) is 13.6. The minimum atomic E-state index is -0.163.